The number of benzene rings is 2. The molecule has 2 aromatic heterocycles. The van der Waals surface area contributed by atoms with Crippen molar-refractivity contribution in [3.05, 3.63) is 92.5 Å². The topological polar surface area (TPSA) is 107 Å². The number of ether oxygens (including phenoxy) is 1. The van der Waals surface area contributed by atoms with Crippen molar-refractivity contribution in [2.24, 2.45) is 0 Å². The highest BCUT2D eigenvalue weighted by Gasteiger charge is 2.20. The van der Waals surface area contributed by atoms with Gasteiger partial charge in [-0.2, -0.15) is 9.78 Å². The fourth-order valence-electron chi connectivity index (χ4n) is 3.38. The number of nitrogens with one attached hydrogen (secondary N) is 1. The van der Waals surface area contributed by atoms with E-state index in [2.05, 4.69) is 10.4 Å². The maximum absolute atomic E-state index is 12.9. The standard InChI is InChI=1S/C25H21N3O5S/c1-16(29)26-14-13-18-11-12-22(34-18)21(30)15-33-25(32)23-19-9-5-6-10-20(19)24(31)28(27-23)17-7-3-2-4-8-17/h2-12H,13-15H2,1H3,(H,26,29). The average Bonchev–Trinajstić information content (AvgIpc) is 3.32. The third-order valence-electron chi connectivity index (χ3n) is 5.02. The highest BCUT2D eigenvalue weighted by Crippen LogP contribution is 2.19. The fraction of sp³-hybridized carbons (Fsp3) is 0.160. The van der Waals surface area contributed by atoms with Crippen molar-refractivity contribution in [2.45, 2.75) is 13.3 Å². The van der Waals surface area contributed by atoms with E-state index in [4.69, 9.17) is 4.74 Å². The van der Waals surface area contributed by atoms with Crippen LogP contribution < -0.4 is 10.9 Å². The van der Waals surface area contributed by atoms with Crippen molar-refractivity contribution in [3.8, 4) is 5.69 Å². The highest BCUT2D eigenvalue weighted by molar-refractivity contribution is 7.14. The number of aromatic nitrogens is 2. The second-order valence-corrected chi connectivity index (χ2v) is 8.61. The summed E-state index contributed by atoms with van der Waals surface area (Å²) in [5.41, 5.74) is 0.0996. The summed E-state index contributed by atoms with van der Waals surface area (Å²) in [5.74, 6) is -1.25. The molecule has 9 heteroatoms. The Hall–Kier alpha value is -4.11. The van der Waals surface area contributed by atoms with Gasteiger partial charge in [-0.15, -0.1) is 11.3 Å². The largest absolute Gasteiger partial charge is 0.452 e. The van der Waals surface area contributed by atoms with Crippen LogP contribution in [0, 0.1) is 0 Å². The van der Waals surface area contributed by atoms with Gasteiger partial charge in [0.05, 0.1) is 16.0 Å². The summed E-state index contributed by atoms with van der Waals surface area (Å²) in [6.07, 6.45) is 0.605. The molecule has 4 aromatic rings. The van der Waals surface area contributed by atoms with Crippen LogP contribution in [0.1, 0.15) is 32.0 Å². The first-order valence-corrected chi connectivity index (χ1v) is 11.4. The molecule has 172 valence electrons. The molecule has 34 heavy (non-hydrogen) atoms. The van der Waals surface area contributed by atoms with Crippen LogP contribution in [0.2, 0.25) is 0 Å². The minimum atomic E-state index is -0.795. The first-order chi connectivity index (χ1) is 16.4. The third-order valence-corrected chi connectivity index (χ3v) is 6.20. The van der Waals surface area contributed by atoms with Gasteiger partial charge < -0.3 is 10.1 Å². The number of fused-ring (bicyclic) bond motifs is 1. The normalized spacial score (nSPS) is 10.7. The van der Waals surface area contributed by atoms with Crippen LogP contribution in [0.25, 0.3) is 16.5 Å². The summed E-state index contributed by atoms with van der Waals surface area (Å²) < 4.78 is 6.44. The van der Waals surface area contributed by atoms with Gasteiger partial charge in [-0.25, -0.2) is 4.79 Å². The maximum Gasteiger partial charge on any atom is 0.359 e. The minimum absolute atomic E-state index is 0.0472. The second-order valence-electron chi connectivity index (χ2n) is 7.44. The van der Waals surface area contributed by atoms with Crippen LogP contribution in [-0.2, 0) is 16.0 Å². The lowest BCUT2D eigenvalue weighted by Gasteiger charge is -2.10. The van der Waals surface area contributed by atoms with Crippen molar-refractivity contribution in [1.82, 2.24) is 15.1 Å². The van der Waals surface area contributed by atoms with Gasteiger partial charge in [-0.3, -0.25) is 14.4 Å². The number of Topliss-reactive ketones (excluding diaryl/α,β-unsaturated/α-hetero) is 1. The Morgan fingerprint density at radius 3 is 2.41 bits per heavy atom. The van der Waals surface area contributed by atoms with Gasteiger partial charge in [0.15, 0.2) is 12.3 Å². The van der Waals surface area contributed by atoms with E-state index in [1.165, 1.54) is 18.3 Å². The van der Waals surface area contributed by atoms with Crippen molar-refractivity contribution < 1.29 is 19.1 Å². The van der Waals surface area contributed by atoms with E-state index in [0.717, 1.165) is 9.56 Å². The number of carbonyl (C=O) groups is 3. The number of rotatable bonds is 8. The Morgan fingerprint density at radius 2 is 1.68 bits per heavy atom. The Morgan fingerprint density at radius 1 is 0.971 bits per heavy atom. The quantitative estimate of drug-likeness (QED) is 0.310. The van der Waals surface area contributed by atoms with E-state index in [1.807, 2.05) is 12.1 Å². The molecular formula is C25H21N3O5S. The smallest absolute Gasteiger partial charge is 0.359 e. The summed E-state index contributed by atoms with van der Waals surface area (Å²) in [6, 6.07) is 18.9. The zero-order valence-electron chi connectivity index (χ0n) is 18.3. The monoisotopic (exact) mass is 475 g/mol. The van der Waals surface area contributed by atoms with Gasteiger partial charge in [0, 0.05) is 23.7 Å². The molecule has 2 heterocycles. The molecule has 0 aliphatic heterocycles. The molecule has 0 bridgehead atoms. The number of para-hydroxylation sites is 1. The molecule has 0 spiro atoms. The van der Waals surface area contributed by atoms with E-state index in [1.54, 1.807) is 54.6 Å². The number of esters is 1. The van der Waals surface area contributed by atoms with Crippen molar-refractivity contribution in [1.29, 1.82) is 0 Å². The van der Waals surface area contributed by atoms with Crippen LogP contribution in [-0.4, -0.2) is 40.6 Å². The molecule has 4 rings (SSSR count). The fourth-order valence-corrected chi connectivity index (χ4v) is 4.31. The summed E-state index contributed by atoms with van der Waals surface area (Å²) in [4.78, 5) is 50.8. The van der Waals surface area contributed by atoms with Gasteiger partial charge >= 0.3 is 5.97 Å². The molecule has 0 aliphatic carbocycles. The van der Waals surface area contributed by atoms with Crippen LogP contribution in [0.5, 0.6) is 0 Å². The first-order valence-electron chi connectivity index (χ1n) is 10.5. The summed E-state index contributed by atoms with van der Waals surface area (Å²) in [5, 5.41) is 7.64. The van der Waals surface area contributed by atoms with Crippen LogP contribution in [0.3, 0.4) is 0 Å². The maximum atomic E-state index is 12.9. The van der Waals surface area contributed by atoms with Gasteiger partial charge in [0.1, 0.15) is 0 Å². The van der Waals surface area contributed by atoms with E-state index < -0.39 is 12.6 Å². The molecule has 0 unspecified atom stereocenters. The highest BCUT2D eigenvalue weighted by atomic mass is 32.1. The third kappa shape index (κ3) is 5.10. The van der Waals surface area contributed by atoms with Crippen molar-refractivity contribution >= 4 is 39.8 Å². The molecule has 0 fully saturated rings. The Labute approximate surface area is 198 Å². The van der Waals surface area contributed by atoms with E-state index in [0.29, 0.717) is 34.3 Å². The summed E-state index contributed by atoms with van der Waals surface area (Å²) >= 11 is 1.29. The predicted molar refractivity (Wildman–Crippen MR) is 129 cm³/mol. The molecule has 0 radical (unpaired) electrons. The molecule has 1 amide bonds. The molecule has 0 atom stereocenters. The minimum Gasteiger partial charge on any atom is -0.452 e. The predicted octanol–water partition coefficient (Wildman–Crippen LogP) is 3.17. The van der Waals surface area contributed by atoms with E-state index in [9.17, 15) is 19.2 Å². The first kappa shape index (κ1) is 23.1. The number of hydrogen-bond acceptors (Lipinski definition) is 7. The lowest BCUT2D eigenvalue weighted by atomic mass is 10.1. The van der Waals surface area contributed by atoms with Gasteiger partial charge in [0.25, 0.3) is 5.56 Å². The van der Waals surface area contributed by atoms with Gasteiger partial charge in [-0.1, -0.05) is 36.4 Å². The lowest BCUT2D eigenvalue weighted by Crippen LogP contribution is -2.25. The van der Waals surface area contributed by atoms with Crippen molar-refractivity contribution in [3.63, 3.8) is 0 Å². The number of carbonyl (C=O) groups excluding carboxylic acids is 3. The number of ketones is 1. The molecule has 1 N–H and O–H groups in total. The lowest BCUT2D eigenvalue weighted by molar-refractivity contribution is -0.118. The average molecular weight is 476 g/mol. The molecule has 8 nitrogen and oxygen atoms in total. The number of thiophene rings is 1. The molecule has 0 saturated carbocycles. The number of hydrogen-bond donors (Lipinski definition) is 1. The van der Waals surface area contributed by atoms with E-state index >= 15 is 0 Å². The van der Waals surface area contributed by atoms with Gasteiger partial charge in [0.2, 0.25) is 11.7 Å². The van der Waals surface area contributed by atoms with E-state index in [-0.39, 0.29) is 22.9 Å². The van der Waals surface area contributed by atoms with Crippen LogP contribution >= 0.6 is 11.3 Å². The number of nitrogens with zero attached hydrogens (tertiary/aromatic N) is 2. The molecule has 0 saturated heterocycles. The van der Waals surface area contributed by atoms with Crippen LogP contribution in [0.15, 0.2) is 71.5 Å². The summed E-state index contributed by atoms with van der Waals surface area (Å²) in [6.45, 7) is 1.47. The second kappa shape index (κ2) is 10.2. The zero-order valence-corrected chi connectivity index (χ0v) is 19.1. The Kier molecular flexibility index (Phi) is 6.93. The zero-order chi connectivity index (χ0) is 24.1. The molecular weight excluding hydrogens is 454 g/mol. The Bertz CT molecular complexity index is 1430. The SMILES string of the molecule is CC(=O)NCCc1ccc(C(=O)COC(=O)c2nn(-c3ccccc3)c(=O)c3ccccc23)s1. The molecule has 2 aromatic carbocycles. The van der Waals surface area contributed by atoms with Gasteiger partial charge in [-0.05, 0) is 36.8 Å². The van der Waals surface area contributed by atoms with Crippen molar-refractivity contribution in [2.75, 3.05) is 13.2 Å². The number of amides is 1. The van der Waals surface area contributed by atoms with Crippen LogP contribution in [0.4, 0.5) is 0 Å². The molecule has 0 aliphatic rings. The Balaban J connectivity index is 1.53. The summed E-state index contributed by atoms with van der Waals surface area (Å²) in [7, 11) is 0.